The summed E-state index contributed by atoms with van der Waals surface area (Å²) in [5.41, 5.74) is 2.56. The standard InChI is InChI=1S/C25H24FN5OS2/c1-2-30-23(19-8-9-19)28-29-25(30)34-16-22(32)31(14-17-6-4-3-5-7-17)24-27-21(15-33-24)18-10-12-20(26)13-11-18/h3-7,10-13,15,19H,2,8-9,14,16H2,1H3. The summed E-state index contributed by atoms with van der Waals surface area (Å²) < 4.78 is 15.4. The molecule has 0 aliphatic heterocycles. The lowest BCUT2D eigenvalue weighted by Gasteiger charge is -2.20. The van der Waals surface area contributed by atoms with Crippen molar-refractivity contribution in [2.45, 2.75) is 43.9 Å². The summed E-state index contributed by atoms with van der Waals surface area (Å²) in [5, 5.41) is 12.0. The molecular formula is C25H24FN5OS2. The van der Waals surface area contributed by atoms with Gasteiger partial charge >= 0.3 is 0 Å². The number of carbonyl (C=O) groups is 1. The molecule has 0 unspecified atom stereocenters. The summed E-state index contributed by atoms with van der Waals surface area (Å²) in [4.78, 5) is 19.9. The van der Waals surface area contributed by atoms with Crippen LogP contribution < -0.4 is 4.90 Å². The van der Waals surface area contributed by atoms with Crippen molar-refractivity contribution < 1.29 is 9.18 Å². The monoisotopic (exact) mass is 493 g/mol. The van der Waals surface area contributed by atoms with Crippen molar-refractivity contribution in [3.8, 4) is 11.3 Å². The molecule has 0 bridgehead atoms. The average molecular weight is 494 g/mol. The normalized spacial score (nSPS) is 13.2. The van der Waals surface area contributed by atoms with Crippen LogP contribution in [0.4, 0.5) is 9.52 Å². The Morgan fingerprint density at radius 1 is 1.15 bits per heavy atom. The van der Waals surface area contributed by atoms with Crippen LogP contribution in [0.3, 0.4) is 0 Å². The first-order valence-electron chi connectivity index (χ1n) is 11.2. The zero-order chi connectivity index (χ0) is 23.5. The van der Waals surface area contributed by atoms with E-state index in [9.17, 15) is 9.18 Å². The van der Waals surface area contributed by atoms with Crippen LogP contribution in [0, 0.1) is 5.82 Å². The molecule has 2 aromatic heterocycles. The Morgan fingerprint density at radius 3 is 2.62 bits per heavy atom. The number of aromatic nitrogens is 4. The lowest BCUT2D eigenvalue weighted by Crippen LogP contribution is -2.32. The van der Waals surface area contributed by atoms with E-state index in [4.69, 9.17) is 4.98 Å². The van der Waals surface area contributed by atoms with Gasteiger partial charge < -0.3 is 4.57 Å². The molecule has 0 N–H and O–H groups in total. The number of hydrogen-bond donors (Lipinski definition) is 0. The Kier molecular flexibility index (Phi) is 6.73. The zero-order valence-corrected chi connectivity index (χ0v) is 20.4. The van der Waals surface area contributed by atoms with Gasteiger partial charge in [-0.3, -0.25) is 9.69 Å². The second kappa shape index (κ2) is 10.1. The van der Waals surface area contributed by atoms with Crippen LogP contribution in [-0.2, 0) is 17.9 Å². The van der Waals surface area contributed by atoms with Crippen LogP contribution in [0.1, 0.15) is 37.1 Å². The van der Waals surface area contributed by atoms with E-state index in [0.717, 1.165) is 47.2 Å². The van der Waals surface area contributed by atoms with E-state index in [0.29, 0.717) is 17.6 Å². The van der Waals surface area contributed by atoms with Crippen molar-refractivity contribution in [2.24, 2.45) is 0 Å². The minimum Gasteiger partial charge on any atom is -0.306 e. The van der Waals surface area contributed by atoms with Crippen molar-refractivity contribution in [1.29, 1.82) is 0 Å². The number of benzene rings is 2. The summed E-state index contributed by atoms with van der Waals surface area (Å²) in [6, 6.07) is 16.1. The first kappa shape index (κ1) is 22.7. The van der Waals surface area contributed by atoms with E-state index < -0.39 is 0 Å². The summed E-state index contributed by atoms with van der Waals surface area (Å²) in [7, 11) is 0. The maximum absolute atomic E-state index is 13.4. The molecule has 0 spiro atoms. The number of thioether (sulfide) groups is 1. The average Bonchev–Trinajstić information content (AvgIpc) is 3.44. The third-order valence-electron chi connectivity index (χ3n) is 5.68. The van der Waals surface area contributed by atoms with E-state index >= 15 is 0 Å². The predicted molar refractivity (Wildman–Crippen MR) is 134 cm³/mol. The second-order valence-corrected chi connectivity index (χ2v) is 9.91. The number of carbonyl (C=O) groups excluding carboxylic acids is 1. The summed E-state index contributed by atoms with van der Waals surface area (Å²) >= 11 is 2.83. The molecule has 1 saturated carbocycles. The van der Waals surface area contributed by atoms with Crippen molar-refractivity contribution in [3.05, 3.63) is 77.2 Å². The number of anilines is 1. The minimum atomic E-state index is -0.290. The number of hydrogen-bond acceptors (Lipinski definition) is 6. The van der Waals surface area contributed by atoms with Crippen LogP contribution in [0.15, 0.2) is 65.1 Å². The molecule has 0 saturated heterocycles. The number of halogens is 1. The maximum atomic E-state index is 13.4. The molecule has 0 atom stereocenters. The van der Waals surface area contributed by atoms with Crippen molar-refractivity contribution in [2.75, 3.05) is 10.7 Å². The highest BCUT2D eigenvalue weighted by Crippen LogP contribution is 2.40. The van der Waals surface area contributed by atoms with Crippen LogP contribution in [0.5, 0.6) is 0 Å². The third-order valence-corrected chi connectivity index (χ3v) is 7.49. The highest BCUT2D eigenvalue weighted by atomic mass is 32.2. The van der Waals surface area contributed by atoms with Crippen molar-refractivity contribution in [3.63, 3.8) is 0 Å². The number of amides is 1. The Hall–Kier alpha value is -3.04. The van der Waals surface area contributed by atoms with Gasteiger partial charge in [0.05, 0.1) is 18.0 Å². The summed E-state index contributed by atoms with van der Waals surface area (Å²) in [6.07, 6.45) is 2.32. The van der Waals surface area contributed by atoms with Crippen LogP contribution in [0.2, 0.25) is 0 Å². The Morgan fingerprint density at radius 2 is 1.91 bits per heavy atom. The molecule has 5 rings (SSSR count). The van der Waals surface area contributed by atoms with Gasteiger partial charge in [0, 0.05) is 23.4 Å². The van der Waals surface area contributed by atoms with Gasteiger partial charge in [-0.15, -0.1) is 21.5 Å². The third kappa shape index (κ3) is 5.05. The van der Waals surface area contributed by atoms with Gasteiger partial charge in [-0.2, -0.15) is 0 Å². The Balaban J connectivity index is 1.37. The molecule has 1 amide bonds. The summed E-state index contributed by atoms with van der Waals surface area (Å²) in [6.45, 7) is 3.29. The SMILES string of the molecule is CCn1c(SCC(=O)N(Cc2ccccc2)c2nc(-c3ccc(F)cc3)cs2)nnc1C1CC1. The smallest absolute Gasteiger partial charge is 0.239 e. The molecule has 174 valence electrons. The molecule has 1 aliphatic carbocycles. The van der Waals surface area contributed by atoms with Crippen molar-refractivity contribution in [1.82, 2.24) is 19.7 Å². The molecular weight excluding hydrogens is 469 g/mol. The zero-order valence-electron chi connectivity index (χ0n) is 18.7. The topological polar surface area (TPSA) is 63.9 Å². The Bertz CT molecular complexity index is 1270. The number of thiazole rings is 1. The predicted octanol–water partition coefficient (Wildman–Crippen LogP) is 5.76. The molecule has 9 heteroatoms. The fourth-order valence-electron chi connectivity index (χ4n) is 3.72. The van der Waals surface area contributed by atoms with Gasteiger partial charge in [0.25, 0.3) is 0 Å². The first-order chi connectivity index (χ1) is 16.6. The minimum absolute atomic E-state index is 0.0486. The van der Waals surface area contributed by atoms with Crippen LogP contribution >= 0.6 is 23.1 Å². The van der Waals surface area contributed by atoms with E-state index in [1.54, 1.807) is 17.0 Å². The van der Waals surface area contributed by atoms with Crippen LogP contribution in [0.25, 0.3) is 11.3 Å². The van der Waals surface area contributed by atoms with Gasteiger partial charge in [0.15, 0.2) is 10.3 Å². The number of nitrogens with zero attached hydrogens (tertiary/aromatic N) is 5. The molecule has 0 radical (unpaired) electrons. The molecule has 6 nitrogen and oxygen atoms in total. The fourth-order valence-corrected chi connectivity index (χ4v) is 5.46. The molecule has 2 heterocycles. The fraction of sp³-hybridized carbons (Fsp3) is 0.280. The molecule has 4 aromatic rings. The van der Waals surface area contributed by atoms with Gasteiger partial charge in [0.2, 0.25) is 5.91 Å². The van der Waals surface area contributed by atoms with E-state index in [2.05, 4.69) is 21.7 Å². The van der Waals surface area contributed by atoms with Crippen molar-refractivity contribution >= 4 is 34.1 Å². The Labute approximate surface area is 205 Å². The van der Waals surface area contributed by atoms with Gasteiger partial charge in [-0.25, -0.2) is 9.37 Å². The second-order valence-electron chi connectivity index (χ2n) is 8.14. The lowest BCUT2D eigenvalue weighted by molar-refractivity contribution is -0.116. The largest absolute Gasteiger partial charge is 0.306 e. The van der Waals surface area contributed by atoms with E-state index in [1.807, 2.05) is 35.7 Å². The molecule has 2 aromatic carbocycles. The highest BCUT2D eigenvalue weighted by Gasteiger charge is 2.30. The lowest BCUT2D eigenvalue weighted by atomic mass is 10.2. The van der Waals surface area contributed by atoms with Gasteiger partial charge in [0.1, 0.15) is 11.6 Å². The molecule has 1 aliphatic rings. The van der Waals surface area contributed by atoms with Gasteiger partial charge in [-0.05, 0) is 49.6 Å². The van der Waals surface area contributed by atoms with Gasteiger partial charge in [-0.1, -0.05) is 42.1 Å². The quantitative estimate of drug-likeness (QED) is 0.277. The molecule has 34 heavy (non-hydrogen) atoms. The summed E-state index contributed by atoms with van der Waals surface area (Å²) in [5.74, 6) is 1.44. The van der Waals surface area contributed by atoms with E-state index in [-0.39, 0.29) is 17.5 Å². The highest BCUT2D eigenvalue weighted by molar-refractivity contribution is 7.99. The maximum Gasteiger partial charge on any atom is 0.239 e. The molecule has 1 fully saturated rings. The van der Waals surface area contributed by atoms with Crippen LogP contribution in [-0.4, -0.2) is 31.4 Å². The number of rotatable bonds is 9. The first-order valence-corrected chi connectivity index (χ1v) is 13.1. The van der Waals surface area contributed by atoms with E-state index in [1.165, 1.54) is 35.2 Å².